The summed E-state index contributed by atoms with van der Waals surface area (Å²) in [5, 5.41) is 2.43. The van der Waals surface area contributed by atoms with Crippen molar-refractivity contribution in [2.45, 2.75) is 57.0 Å². The average Bonchev–Trinajstić information content (AvgIpc) is 3.72. The van der Waals surface area contributed by atoms with E-state index in [4.69, 9.17) is 14.2 Å². The van der Waals surface area contributed by atoms with Gasteiger partial charge in [-0.05, 0) is 99.1 Å². The Balaban J connectivity index is 1.17. The van der Waals surface area contributed by atoms with E-state index in [1.807, 2.05) is 0 Å². The van der Waals surface area contributed by atoms with Crippen LogP contribution in [0.2, 0.25) is 0 Å². The molecule has 0 spiro atoms. The Hall–Kier alpha value is -5.36. The smallest absolute Gasteiger partial charge is 0.178 e. The molecular formula is C53H52N2O3. The van der Waals surface area contributed by atoms with E-state index in [1.165, 1.54) is 72.2 Å². The van der Waals surface area contributed by atoms with Crippen LogP contribution in [0, 0.1) is 0 Å². The van der Waals surface area contributed by atoms with E-state index in [0.29, 0.717) is 0 Å². The van der Waals surface area contributed by atoms with Crippen molar-refractivity contribution in [2.75, 3.05) is 62.4 Å². The third kappa shape index (κ3) is 5.02. The molecule has 292 valence electrons. The molecule has 2 saturated heterocycles. The van der Waals surface area contributed by atoms with Crippen molar-refractivity contribution >= 4 is 28.2 Å². The Morgan fingerprint density at radius 3 is 1.88 bits per heavy atom. The van der Waals surface area contributed by atoms with Crippen LogP contribution in [0.4, 0.5) is 11.4 Å². The number of ether oxygens (including phenoxy) is 3. The van der Waals surface area contributed by atoms with E-state index < -0.39 is 5.60 Å². The van der Waals surface area contributed by atoms with Crippen LogP contribution in [-0.2, 0) is 25.9 Å². The number of anilines is 2. The Kier molecular flexibility index (Phi) is 8.23. The van der Waals surface area contributed by atoms with E-state index in [2.05, 4.69) is 159 Å². The van der Waals surface area contributed by atoms with Gasteiger partial charge in [-0.25, -0.2) is 0 Å². The van der Waals surface area contributed by atoms with Gasteiger partial charge < -0.3 is 24.0 Å². The van der Waals surface area contributed by atoms with Crippen LogP contribution < -0.4 is 14.5 Å². The highest BCUT2D eigenvalue weighted by Crippen LogP contribution is 2.61. The molecule has 2 fully saturated rings. The molecule has 0 N–H and O–H groups in total. The summed E-state index contributed by atoms with van der Waals surface area (Å²) < 4.78 is 19.5. The predicted octanol–water partition coefficient (Wildman–Crippen LogP) is 11.3. The molecule has 5 aliphatic rings. The van der Waals surface area contributed by atoms with Crippen LogP contribution in [-0.4, -0.2) is 52.6 Å². The summed E-state index contributed by atoms with van der Waals surface area (Å²) in [5.74, 6) is 0.978. The molecule has 2 aliphatic carbocycles. The SMILES string of the molecule is CCC1(CC)c2ccccc2-c2c1c1c(c3cc(N4CCOCC4)ccc23)OC(c2ccc(N3CCOCC3)cc2)(c2ccc3c(c2)C(C)(C)c2ccccc2-3)C=C1. The maximum atomic E-state index is 7.98. The highest BCUT2D eigenvalue weighted by atomic mass is 16.5. The second-order valence-corrected chi connectivity index (χ2v) is 17.4. The third-order valence-corrected chi connectivity index (χ3v) is 14.5. The fourth-order valence-electron chi connectivity index (χ4n) is 11.3. The van der Waals surface area contributed by atoms with Crippen LogP contribution in [0.5, 0.6) is 5.75 Å². The van der Waals surface area contributed by atoms with Crippen molar-refractivity contribution in [3.8, 4) is 28.0 Å². The van der Waals surface area contributed by atoms with Gasteiger partial charge in [-0.3, -0.25) is 0 Å². The number of fused-ring (bicyclic) bond motifs is 11. The quantitative estimate of drug-likeness (QED) is 0.169. The van der Waals surface area contributed by atoms with Gasteiger partial charge >= 0.3 is 0 Å². The zero-order chi connectivity index (χ0) is 39.2. The van der Waals surface area contributed by atoms with Crippen LogP contribution in [0.15, 0.2) is 115 Å². The summed E-state index contributed by atoms with van der Waals surface area (Å²) in [6.45, 7) is 16.0. The van der Waals surface area contributed by atoms with Crippen molar-refractivity contribution < 1.29 is 14.2 Å². The Bertz CT molecular complexity index is 2620. The van der Waals surface area contributed by atoms with Crippen molar-refractivity contribution in [2.24, 2.45) is 0 Å². The van der Waals surface area contributed by atoms with E-state index in [-0.39, 0.29) is 10.8 Å². The van der Waals surface area contributed by atoms with Crippen molar-refractivity contribution in [3.63, 3.8) is 0 Å². The summed E-state index contributed by atoms with van der Waals surface area (Å²) in [5.41, 5.74) is 15.7. The molecule has 1 atom stereocenters. The maximum absolute atomic E-state index is 7.98. The standard InChI is InChI=1S/C53H52N2O3/c1-5-52(6-2)46-14-10-8-12-42(46)48-41-22-20-38(55-27-31-57-32-28-55)34-44(41)50-43(49(48)52)23-24-53(58-50,35-15-18-37(19-16-35)54-25-29-56-30-26-54)36-17-21-40-39-11-7-9-13-45(39)51(3,4)47(40)33-36/h7-24,33-34H,5-6,25-32H2,1-4H3. The lowest BCUT2D eigenvalue weighted by Crippen LogP contribution is -2.37. The van der Waals surface area contributed by atoms with Gasteiger partial charge in [0.05, 0.1) is 26.4 Å². The van der Waals surface area contributed by atoms with Gasteiger partial charge in [-0.15, -0.1) is 0 Å². The predicted molar refractivity (Wildman–Crippen MR) is 238 cm³/mol. The van der Waals surface area contributed by atoms with Crippen molar-refractivity contribution in [1.82, 2.24) is 0 Å². The number of benzene rings is 6. The fourth-order valence-corrected chi connectivity index (χ4v) is 11.3. The topological polar surface area (TPSA) is 34.2 Å². The Labute approximate surface area is 342 Å². The monoisotopic (exact) mass is 764 g/mol. The summed E-state index contributed by atoms with van der Waals surface area (Å²) in [6, 6.07) is 41.5. The van der Waals surface area contributed by atoms with Crippen LogP contribution in [0.25, 0.3) is 39.1 Å². The molecule has 6 aromatic carbocycles. The highest BCUT2D eigenvalue weighted by Gasteiger charge is 2.47. The lowest BCUT2D eigenvalue weighted by Gasteiger charge is -2.40. The zero-order valence-electron chi connectivity index (χ0n) is 34.2. The van der Waals surface area contributed by atoms with Gasteiger partial charge in [-0.2, -0.15) is 0 Å². The van der Waals surface area contributed by atoms with Crippen molar-refractivity contribution in [3.05, 3.63) is 154 Å². The molecular weight excluding hydrogens is 713 g/mol. The molecule has 0 saturated carbocycles. The summed E-state index contributed by atoms with van der Waals surface area (Å²) >= 11 is 0. The lowest BCUT2D eigenvalue weighted by molar-refractivity contribution is 0.122. The molecule has 6 aromatic rings. The molecule has 11 rings (SSSR count). The molecule has 0 amide bonds. The normalized spacial score (nSPS) is 20.9. The first-order chi connectivity index (χ1) is 28.4. The van der Waals surface area contributed by atoms with Gasteiger partial charge in [-0.1, -0.05) is 113 Å². The van der Waals surface area contributed by atoms with E-state index >= 15 is 0 Å². The van der Waals surface area contributed by atoms with Crippen molar-refractivity contribution in [1.29, 1.82) is 0 Å². The first kappa shape index (κ1) is 35.8. The Morgan fingerprint density at radius 2 is 1.17 bits per heavy atom. The van der Waals surface area contributed by atoms with Crippen LogP contribution in [0.3, 0.4) is 0 Å². The molecule has 3 heterocycles. The second-order valence-electron chi connectivity index (χ2n) is 17.4. The molecule has 58 heavy (non-hydrogen) atoms. The highest BCUT2D eigenvalue weighted by molar-refractivity contribution is 6.09. The molecule has 3 aliphatic heterocycles. The number of hydrogen-bond acceptors (Lipinski definition) is 5. The molecule has 5 heteroatoms. The van der Waals surface area contributed by atoms with Gasteiger partial charge in [0.1, 0.15) is 5.75 Å². The number of morpholine rings is 2. The molecule has 5 nitrogen and oxygen atoms in total. The largest absolute Gasteiger partial charge is 0.472 e. The zero-order valence-corrected chi connectivity index (χ0v) is 34.2. The van der Waals surface area contributed by atoms with Gasteiger partial charge in [0, 0.05) is 70.5 Å². The minimum atomic E-state index is -0.876. The minimum Gasteiger partial charge on any atom is -0.472 e. The van der Waals surface area contributed by atoms with E-state index in [0.717, 1.165) is 82.3 Å². The van der Waals surface area contributed by atoms with E-state index in [1.54, 1.807) is 0 Å². The second kappa shape index (κ2) is 13.3. The lowest BCUT2D eigenvalue weighted by atomic mass is 9.71. The number of nitrogens with zero attached hydrogens (tertiary/aromatic N) is 2. The average molecular weight is 765 g/mol. The summed E-state index contributed by atoms with van der Waals surface area (Å²) in [7, 11) is 0. The molecule has 0 radical (unpaired) electrons. The number of hydrogen-bond donors (Lipinski definition) is 0. The molecule has 0 aromatic heterocycles. The third-order valence-electron chi connectivity index (χ3n) is 14.5. The van der Waals surface area contributed by atoms with Gasteiger partial charge in [0.25, 0.3) is 0 Å². The first-order valence-electron chi connectivity index (χ1n) is 21.5. The maximum Gasteiger partial charge on any atom is 0.178 e. The summed E-state index contributed by atoms with van der Waals surface area (Å²) in [4.78, 5) is 4.90. The van der Waals surface area contributed by atoms with Gasteiger partial charge in [0.2, 0.25) is 0 Å². The molecule has 1 unspecified atom stereocenters. The Morgan fingerprint density at radius 1 is 0.569 bits per heavy atom. The minimum absolute atomic E-state index is 0.121. The van der Waals surface area contributed by atoms with Crippen LogP contribution in [0.1, 0.15) is 79.5 Å². The summed E-state index contributed by atoms with van der Waals surface area (Å²) in [6.07, 6.45) is 6.85. The number of rotatable bonds is 6. The first-order valence-corrected chi connectivity index (χ1v) is 21.5. The fraction of sp³-hybridized carbons (Fsp3) is 0.321. The van der Waals surface area contributed by atoms with E-state index in [9.17, 15) is 0 Å². The van der Waals surface area contributed by atoms with Gasteiger partial charge in [0.15, 0.2) is 5.60 Å². The van der Waals surface area contributed by atoms with Crippen LogP contribution >= 0.6 is 0 Å². The molecule has 0 bridgehead atoms.